The Morgan fingerprint density at radius 2 is 2.29 bits per heavy atom. The molecule has 0 spiro atoms. The average molecular weight is 188 g/mol. The molecule has 0 amide bonds. The van der Waals surface area contributed by atoms with Crippen molar-refractivity contribution in [2.24, 2.45) is 5.41 Å². The van der Waals surface area contributed by atoms with Crippen molar-refractivity contribution >= 4 is 0 Å². The van der Waals surface area contributed by atoms with E-state index in [1.54, 1.807) is 0 Å². The van der Waals surface area contributed by atoms with E-state index < -0.39 is 0 Å². The average Bonchev–Trinajstić information content (AvgIpc) is 2.69. The van der Waals surface area contributed by atoms with E-state index in [2.05, 4.69) is 12.6 Å². The zero-order valence-corrected chi connectivity index (χ0v) is 7.81. The van der Waals surface area contributed by atoms with Crippen LogP contribution in [-0.2, 0) is 0 Å². The first-order valence-corrected chi connectivity index (χ1v) is 4.83. The molecule has 0 saturated heterocycles. The maximum Gasteiger partial charge on any atom is 0.123 e. The molecule has 0 bridgehead atoms. The summed E-state index contributed by atoms with van der Waals surface area (Å²) < 4.78 is 5.75. The Morgan fingerprint density at radius 3 is 3.00 bits per heavy atom. The fraction of sp³-hybridized carbons (Fsp3) is 0.333. The maximum absolute atomic E-state index is 9.34. The fourth-order valence-corrected chi connectivity index (χ4v) is 2.53. The summed E-state index contributed by atoms with van der Waals surface area (Å²) in [6.07, 6.45) is 1.94. The molecule has 2 heteroatoms. The van der Waals surface area contributed by atoms with Crippen molar-refractivity contribution in [1.29, 1.82) is 0 Å². The Bertz CT molecular complexity index is 399. The number of hydrogen-bond acceptors (Lipinski definition) is 2. The van der Waals surface area contributed by atoms with Crippen molar-refractivity contribution in [3.05, 3.63) is 42.5 Å². The molecule has 1 saturated carbocycles. The molecule has 3 atom stereocenters. The third kappa shape index (κ3) is 0.712. The highest BCUT2D eigenvalue weighted by atomic mass is 16.5. The smallest absolute Gasteiger partial charge is 0.123 e. The van der Waals surface area contributed by atoms with Gasteiger partial charge >= 0.3 is 0 Å². The van der Waals surface area contributed by atoms with Crippen molar-refractivity contribution in [3.63, 3.8) is 0 Å². The van der Waals surface area contributed by atoms with Crippen molar-refractivity contribution in [2.45, 2.75) is 12.0 Å². The molecule has 2 aliphatic rings. The molecule has 14 heavy (non-hydrogen) atoms. The van der Waals surface area contributed by atoms with Gasteiger partial charge in [0.2, 0.25) is 0 Å². The van der Waals surface area contributed by atoms with E-state index >= 15 is 0 Å². The molecular formula is C12H12O2. The Morgan fingerprint density at radius 1 is 1.50 bits per heavy atom. The molecule has 3 rings (SSSR count). The van der Waals surface area contributed by atoms with Crippen molar-refractivity contribution < 1.29 is 9.84 Å². The number of rotatable bonds is 2. The molecule has 2 nitrogen and oxygen atoms in total. The first kappa shape index (κ1) is 8.06. The van der Waals surface area contributed by atoms with Crippen LogP contribution in [0.1, 0.15) is 11.5 Å². The maximum atomic E-state index is 9.34. The third-order valence-corrected chi connectivity index (χ3v) is 3.46. The zero-order chi connectivity index (χ0) is 9.76. The van der Waals surface area contributed by atoms with E-state index in [9.17, 15) is 5.11 Å². The van der Waals surface area contributed by atoms with Crippen LogP contribution in [0.4, 0.5) is 0 Å². The quantitative estimate of drug-likeness (QED) is 0.716. The van der Waals surface area contributed by atoms with Gasteiger partial charge in [0.25, 0.3) is 0 Å². The molecule has 72 valence electrons. The third-order valence-electron chi connectivity index (χ3n) is 3.46. The van der Waals surface area contributed by atoms with Gasteiger partial charge in [-0.25, -0.2) is 0 Å². The summed E-state index contributed by atoms with van der Waals surface area (Å²) in [4.78, 5) is 0. The van der Waals surface area contributed by atoms with Crippen LogP contribution in [0.3, 0.4) is 0 Å². The first-order chi connectivity index (χ1) is 6.83. The van der Waals surface area contributed by atoms with Gasteiger partial charge in [-0.2, -0.15) is 0 Å². The van der Waals surface area contributed by atoms with Gasteiger partial charge in [0.1, 0.15) is 11.9 Å². The summed E-state index contributed by atoms with van der Waals surface area (Å²) in [5.74, 6) is 1.29. The van der Waals surface area contributed by atoms with Gasteiger partial charge in [-0.1, -0.05) is 24.3 Å². The number of ether oxygens (including phenoxy) is 1. The Hall–Kier alpha value is -1.28. The highest BCUT2D eigenvalue weighted by Gasteiger charge is 2.69. The topological polar surface area (TPSA) is 29.5 Å². The second-order valence-electron chi connectivity index (χ2n) is 4.03. The minimum absolute atomic E-state index is 0.113. The van der Waals surface area contributed by atoms with Crippen LogP contribution in [0.25, 0.3) is 0 Å². The highest BCUT2D eigenvalue weighted by Crippen LogP contribution is 2.67. The molecule has 1 aliphatic carbocycles. The lowest BCUT2D eigenvalue weighted by atomic mass is 9.99. The van der Waals surface area contributed by atoms with Crippen LogP contribution in [-0.4, -0.2) is 17.8 Å². The number of benzene rings is 1. The standard InChI is InChI=1S/C12H12O2/c1-2-12(7-13)10-8-5-3-4-6-9(8)14-11(10)12/h2-6,10-11,13H,1,7H2. The van der Waals surface area contributed by atoms with E-state index in [4.69, 9.17) is 4.74 Å². The molecular weight excluding hydrogens is 176 g/mol. The number of hydrogen-bond donors (Lipinski definition) is 1. The molecule has 1 N–H and O–H groups in total. The van der Waals surface area contributed by atoms with Gasteiger partial charge in [-0.15, -0.1) is 6.58 Å². The van der Waals surface area contributed by atoms with Gasteiger partial charge in [0, 0.05) is 11.5 Å². The van der Waals surface area contributed by atoms with Gasteiger partial charge in [0.15, 0.2) is 0 Å². The number of para-hydroxylation sites is 1. The lowest BCUT2D eigenvalue weighted by Crippen LogP contribution is -2.15. The van der Waals surface area contributed by atoms with Crippen LogP contribution < -0.4 is 4.74 Å². The monoisotopic (exact) mass is 188 g/mol. The van der Waals surface area contributed by atoms with Crippen LogP contribution >= 0.6 is 0 Å². The number of aliphatic hydroxyl groups excluding tert-OH is 1. The lowest BCUT2D eigenvalue weighted by Gasteiger charge is -2.14. The second-order valence-corrected chi connectivity index (χ2v) is 4.03. The minimum atomic E-state index is -0.214. The normalized spacial score (nSPS) is 36.9. The summed E-state index contributed by atoms with van der Waals surface area (Å²) >= 11 is 0. The molecule has 3 unspecified atom stereocenters. The SMILES string of the molecule is C=CC1(CO)C2Oc3ccccc3C21. The first-order valence-electron chi connectivity index (χ1n) is 4.83. The molecule has 1 aliphatic heterocycles. The van der Waals surface area contributed by atoms with Gasteiger partial charge in [-0.3, -0.25) is 0 Å². The Kier molecular flexibility index (Phi) is 1.38. The summed E-state index contributed by atoms with van der Waals surface area (Å²) in [6, 6.07) is 8.03. The summed E-state index contributed by atoms with van der Waals surface area (Å²) in [7, 11) is 0. The minimum Gasteiger partial charge on any atom is -0.488 e. The van der Waals surface area contributed by atoms with Crippen LogP contribution in [0.5, 0.6) is 5.75 Å². The molecule has 1 fully saturated rings. The van der Waals surface area contributed by atoms with E-state index in [1.807, 2.05) is 24.3 Å². The van der Waals surface area contributed by atoms with E-state index in [-0.39, 0.29) is 18.1 Å². The molecule has 1 heterocycles. The second kappa shape index (κ2) is 2.39. The predicted molar refractivity (Wildman–Crippen MR) is 53.3 cm³/mol. The molecule has 1 aromatic rings. The Labute approximate surface area is 82.8 Å². The van der Waals surface area contributed by atoms with Crippen molar-refractivity contribution in [2.75, 3.05) is 6.61 Å². The van der Waals surface area contributed by atoms with Crippen molar-refractivity contribution in [1.82, 2.24) is 0 Å². The predicted octanol–water partition coefficient (Wildman–Crippen LogP) is 1.71. The van der Waals surface area contributed by atoms with Crippen molar-refractivity contribution in [3.8, 4) is 5.75 Å². The van der Waals surface area contributed by atoms with Crippen LogP contribution in [0.2, 0.25) is 0 Å². The fourth-order valence-electron chi connectivity index (χ4n) is 2.53. The summed E-state index contributed by atoms with van der Waals surface area (Å²) in [6.45, 7) is 3.91. The highest BCUT2D eigenvalue weighted by molar-refractivity contribution is 5.52. The molecule has 0 aromatic heterocycles. The zero-order valence-electron chi connectivity index (χ0n) is 7.81. The van der Waals surface area contributed by atoms with Gasteiger partial charge in [-0.05, 0) is 6.07 Å². The van der Waals surface area contributed by atoms with E-state index in [1.165, 1.54) is 5.56 Å². The summed E-state index contributed by atoms with van der Waals surface area (Å²) in [5.41, 5.74) is 1.00. The summed E-state index contributed by atoms with van der Waals surface area (Å²) in [5, 5.41) is 9.34. The van der Waals surface area contributed by atoms with E-state index in [0.717, 1.165) is 5.75 Å². The van der Waals surface area contributed by atoms with Crippen LogP contribution in [0, 0.1) is 5.41 Å². The number of fused-ring (bicyclic) bond motifs is 3. The van der Waals surface area contributed by atoms with Crippen LogP contribution in [0.15, 0.2) is 36.9 Å². The van der Waals surface area contributed by atoms with E-state index in [0.29, 0.717) is 5.92 Å². The number of aliphatic hydroxyl groups is 1. The largest absolute Gasteiger partial charge is 0.488 e. The van der Waals surface area contributed by atoms with Gasteiger partial charge in [0.05, 0.1) is 12.0 Å². The lowest BCUT2D eigenvalue weighted by molar-refractivity contribution is 0.184. The Balaban J connectivity index is 2.04. The molecule has 0 radical (unpaired) electrons. The molecule has 1 aromatic carbocycles. The van der Waals surface area contributed by atoms with Gasteiger partial charge < -0.3 is 9.84 Å².